The van der Waals surface area contributed by atoms with Gasteiger partial charge >= 0.3 is 5.97 Å². The molecule has 4 N–H and O–H groups in total. The fourth-order valence-corrected chi connectivity index (χ4v) is 2.05. The molecule has 0 bridgehead atoms. The van der Waals surface area contributed by atoms with Gasteiger partial charge < -0.3 is 20.9 Å². The van der Waals surface area contributed by atoms with Crippen molar-refractivity contribution in [2.24, 2.45) is 5.73 Å². The van der Waals surface area contributed by atoms with Crippen molar-refractivity contribution in [3.63, 3.8) is 0 Å². The summed E-state index contributed by atoms with van der Waals surface area (Å²) in [4.78, 5) is 35.0. The SMILES string of the molecule is NC(=O)c1ccccc1NC(=O)COC(=O)c1cc(Cl)ccc1O. The predicted octanol–water partition coefficient (Wildman–Crippen LogP) is 1.94. The van der Waals surface area contributed by atoms with E-state index in [0.29, 0.717) is 0 Å². The van der Waals surface area contributed by atoms with Crippen LogP contribution in [0, 0.1) is 0 Å². The number of anilines is 1. The normalized spacial score (nSPS) is 10.0. The lowest BCUT2D eigenvalue weighted by atomic mass is 10.1. The zero-order valence-electron chi connectivity index (χ0n) is 12.3. The highest BCUT2D eigenvalue weighted by Crippen LogP contribution is 2.22. The molecule has 8 heteroatoms. The maximum absolute atomic E-state index is 11.9. The average molecular weight is 349 g/mol. The van der Waals surface area contributed by atoms with Crippen molar-refractivity contribution >= 4 is 35.1 Å². The van der Waals surface area contributed by atoms with Gasteiger partial charge in [0.1, 0.15) is 11.3 Å². The van der Waals surface area contributed by atoms with E-state index in [1.165, 1.54) is 30.3 Å². The van der Waals surface area contributed by atoms with E-state index >= 15 is 0 Å². The summed E-state index contributed by atoms with van der Waals surface area (Å²) in [6.07, 6.45) is 0. The molecule has 0 aliphatic heterocycles. The number of esters is 1. The summed E-state index contributed by atoms with van der Waals surface area (Å²) in [5, 5.41) is 12.2. The number of para-hydroxylation sites is 1. The van der Waals surface area contributed by atoms with Crippen LogP contribution in [-0.4, -0.2) is 29.5 Å². The van der Waals surface area contributed by atoms with Crippen molar-refractivity contribution in [2.45, 2.75) is 0 Å². The molecule has 0 fully saturated rings. The monoisotopic (exact) mass is 348 g/mol. The summed E-state index contributed by atoms with van der Waals surface area (Å²) in [6.45, 7) is -0.613. The summed E-state index contributed by atoms with van der Waals surface area (Å²) in [6, 6.07) is 10.0. The molecule has 24 heavy (non-hydrogen) atoms. The van der Waals surface area contributed by atoms with Crippen LogP contribution in [0.2, 0.25) is 5.02 Å². The van der Waals surface area contributed by atoms with Crippen LogP contribution in [0.1, 0.15) is 20.7 Å². The lowest BCUT2D eigenvalue weighted by Gasteiger charge is -2.10. The Labute approximate surface area is 142 Å². The Morgan fingerprint density at radius 3 is 2.54 bits per heavy atom. The Balaban J connectivity index is 2.00. The Hall–Kier alpha value is -3.06. The molecule has 0 atom stereocenters. The molecule has 0 heterocycles. The zero-order chi connectivity index (χ0) is 17.7. The Morgan fingerprint density at radius 1 is 1.12 bits per heavy atom. The standard InChI is InChI=1S/C16H13ClN2O5/c17-9-5-6-13(20)11(7-9)16(23)24-8-14(21)19-12-4-2-1-3-10(12)15(18)22/h1-7,20H,8H2,(H2,18,22)(H,19,21). The second-order valence-corrected chi connectivity index (χ2v) is 5.13. The van der Waals surface area contributed by atoms with Crippen molar-refractivity contribution in [1.29, 1.82) is 0 Å². The molecule has 7 nitrogen and oxygen atoms in total. The lowest BCUT2D eigenvalue weighted by Crippen LogP contribution is -2.23. The summed E-state index contributed by atoms with van der Waals surface area (Å²) < 4.78 is 4.81. The number of primary amides is 1. The highest BCUT2D eigenvalue weighted by Gasteiger charge is 2.16. The fourth-order valence-electron chi connectivity index (χ4n) is 1.87. The first kappa shape index (κ1) is 17.3. The number of benzene rings is 2. The van der Waals surface area contributed by atoms with Gasteiger partial charge in [-0.15, -0.1) is 0 Å². The van der Waals surface area contributed by atoms with Crippen LogP contribution >= 0.6 is 11.6 Å². The number of nitrogens with two attached hydrogens (primary N) is 1. The van der Waals surface area contributed by atoms with Gasteiger partial charge in [0, 0.05) is 5.02 Å². The van der Waals surface area contributed by atoms with E-state index in [1.807, 2.05) is 0 Å². The maximum atomic E-state index is 11.9. The minimum Gasteiger partial charge on any atom is -0.507 e. The molecule has 0 aromatic heterocycles. The van der Waals surface area contributed by atoms with Crippen LogP contribution in [0.25, 0.3) is 0 Å². The number of amides is 2. The van der Waals surface area contributed by atoms with E-state index in [0.717, 1.165) is 0 Å². The smallest absolute Gasteiger partial charge is 0.342 e. The van der Waals surface area contributed by atoms with Crippen molar-refractivity contribution in [3.8, 4) is 5.75 Å². The van der Waals surface area contributed by atoms with Crippen molar-refractivity contribution in [2.75, 3.05) is 11.9 Å². The fraction of sp³-hybridized carbons (Fsp3) is 0.0625. The molecule has 0 spiro atoms. The van der Waals surface area contributed by atoms with Gasteiger partial charge in [-0.3, -0.25) is 9.59 Å². The summed E-state index contributed by atoms with van der Waals surface area (Å²) in [7, 11) is 0. The highest BCUT2D eigenvalue weighted by atomic mass is 35.5. The molecule has 0 aliphatic carbocycles. The number of nitrogens with one attached hydrogen (secondary N) is 1. The quantitative estimate of drug-likeness (QED) is 0.713. The number of aromatic hydroxyl groups is 1. The number of ether oxygens (including phenoxy) is 1. The van der Waals surface area contributed by atoms with E-state index in [2.05, 4.69) is 5.32 Å². The van der Waals surface area contributed by atoms with Crippen molar-refractivity contribution in [1.82, 2.24) is 0 Å². The first-order valence-electron chi connectivity index (χ1n) is 6.73. The average Bonchev–Trinajstić information content (AvgIpc) is 2.55. The van der Waals surface area contributed by atoms with Crippen LogP contribution in [0.15, 0.2) is 42.5 Å². The number of phenolic OH excluding ortho intramolecular Hbond substituents is 1. The topological polar surface area (TPSA) is 119 Å². The molecule has 2 amide bonds. The van der Waals surface area contributed by atoms with Crippen molar-refractivity contribution < 1.29 is 24.2 Å². The Kier molecular flexibility index (Phi) is 5.39. The first-order chi connectivity index (χ1) is 11.4. The van der Waals surface area contributed by atoms with Gasteiger partial charge in [0.15, 0.2) is 6.61 Å². The maximum Gasteiger partial charge on any atom is 0.342 e. The number of rotatable bonds is 5. The van der Waals surface area contributed by atoms with Gasteiger partial charge in [-0.1, -0.05) is 23.7 Å². The van der Waals surface area contributed by atoms with E-state index in [9.17, 15) is 19.5 Å². The van der Waals surface area contributed by atoms with E-state index in [-0.39, 0.29) is 27.6 Å². The highest BCUT2D eigenvalue weighted by molar-refractivity contribution is 6.31. The minimum atomic E-state index is -0.909. The van der Waals surface area contributed by atoms with Gasteiger partial charge in [-0.2, -0.15) is 0 Å². The Morgan fingerprint density at radius 2 is 1.83 bits per heavy atom. The zero-order valence-corrected chi connectivity index (χ0v) is 13.0. The van der Waals surface area contributed by atoms with Crippen LogP contribution in [0.4, 0.5) is 5.69 Å². The molecule has 2 rings (SSSR count). The number of carbonyl (C=O) groups excluding carboxylic acids is 3. The molecule has 124 valence electrons. The number of halogens is 1. The third kappa shape index (κ3) is 4.23. The molecule has 0 unspecified atom stereocenters. The molecule has 0 saturated carbocycles. The van der Waals surface area contributed by atoms with Crippen LogP contribution in [0.3, 0.4) is 0 Å². The van der Waals surface area contributed by atoms with Crippen LogP contribution in [0.5, 0.6) is 5.75 Å². The van der Waals surface area contributed by atoms with Gasteiger partial charge in [0.05, 0.1) is 11.3 Å². The molecule has 0 saturated heterocycles. The predicted molar refractivity (Wildman–Crippen MR) is 87.0 cm³/mol. The minimum absolute atomic E-state index is 0.129. The number of hydrogen-bond donors (Lipinski definition) is 3. The molecule has 2 aromatic carbocycles. The second kappa shape index (κ2) is 7.47. The summed E-state index contributed by atoms with van der Waals surface area (Å²) in [5.41, 5.74) is 5.38. The molecule has 0 aliphatic rings. The summed E-state index contributed by atoms with van der Waals surface area (Å²) >= 11 is 5.74. The third-order valence-corrected chi connectivity index (χ3v) is 3.21. The summed E-state index contributed by atoms with van der Waals surface area (Å²) in [5.74, 6) is -2.59. The van der Waals surface area contributed by atoms with Crippen LogP contribution < -0.4 is 11.1 Å². The second-order valence-electron chi connectivity index (χ2n) is 4.70. The van der Waals surface area contributed by atoms with E-state index in [4.69, 9.17) is 22.1 Å². The van der Waals surface area contributed by atoms with Gasteiger partial charge in [-0.05, 0) is 30.3 Å². The molecule has 2 aromatic rings. The molecule has 0 radical (unpaired) electrons. The van der Waals surface area contributed by atoms with Crippen LogP contribution in [-0.2, 0) is 9.53 Å². The molecular formula is C16H13ClN2O5. The number of phenols is 1. The lowest BCUT2D eigenvalue weighted by molar-refractivity contribution is -0.119. The van der Waals surface area contributed by atoms with Gasteiger partial charge in [-0.25, -0.2) is 4.79 Å². The van der Waals surface area contributed by atoms with E-state index in [1.54, 1.807) is 12.1 Å². The van der Waals surface area contributed by atoms with Crippen molar-refractivity contribution in [3.05, 3.63) is 58.6 Å². The van der Waals surface area contributed by atoms with Gasteiger partial charge in [0.2, 0.25) is 0 Å². The first-order valence-corrected chi connectivity index (χ1v) is 7.10. The number of carbonyl (C=O) groups is 3. The third-order valence-electron chi connectivity index (χ3n) is 2.98. The Bertz CT molecular complexity index is 807. The largest absolute Gasteiger partial charge is 0.507 e. The van der Waals surface area contributed by atoms with Gasteiger partial charge in [0.25, 0.3) is 11.8 Å². The van der Waals surface area contributed by atoms with E-state index < -0.39 is 24.4 Å². The molecular weight excluding hydrogens is 336 g/mol. The number of hydrogen-bond acceptors (Lipinski definition) is 5.